The standard InChI is InChI=1S/C14H23N5O/c1-11-8-16-13(9-15-11)10-17-14(20)12(2)19-6-4-18(3)5-7-19/h8-9,12H,4-7,10H2,1-3H3,(H,17,20). The second kappa shape index (κ2) is 6.76. The van der Waals surface area contributed by atoms with Gasteiger partial charge in [0.05, 0.1) is 30.2 Å². The maximum Gasteiger partial charge on any atom is 0.237 e. The summed E-state index contributed by atoms with van der Waals surface area (Å²) in [4.78, 5) is 25.1. The number of nitrogens with zero attached hydrogens (tertiary/aromatic N) is 4. The van der Waals surface area contributed by atoms with Gasteiger partial charge in [0.1, 0.15) is 0 Å². The molecule has 1 unspecified atom stereocenters. The zero-order valence-electron chi connectivity index (χ0n) is 12.5. The molecule has 0 saturated carbocycles. The molecule has 1 atom stereocenters. The number of carbonyl (C=O) groups is 1. The molecule has 1 aliphatic heterocycles. The molecule has 0 aromatic carbocycles. The summed E-state index contributed by atoms with van der Waals surface area (Å²) in [5, 5.41) is 2.93. The van der Waals surface area contributed by atoms with Gasteiger partial charge in [-0.2, -0.15) is 0 Å². The van der Waals surface area contributed by atoms with Crippen LogP contribution in [-0.4, -0.2) is 64.9 Å². The fraction of sp³-hybridized carbons (Fsp3) is 0.643. The quantitative estimate of drug-likeness (QED) is 0.842. The maximum absolute atomic E-state index is 12.1. The van der Waals surface area contributed by atoms with Gasteiger partial charge in [0.25, 0.3) is 0 Å². The van der Waals surface area contributed by atoms with E-state index >= 15 is 0 Å². The Labute approximate surface area is 120 Å². The summed E-state index contributed by atoms with van der Waals surface area (Å²) in [5.74, 6) is 0.0527. The molecular weight excluding hydrogens is 254 g/mol. The van der Waals surface area contributed by atoms with Gasteiger partial charge in [-0.1, -0.05) is 0 Å². The minimum Gasteiger partial charge on any atom is -0.349 e. The summed E-state index contributed by atoms with van der Waals surface area (Å²) in [5.41, 5.74) is 1.67. The van der Waals surface area contributed by atoms with E-state index in [2.05, 4.69) is 32.1 Å². The lowest BCUT2D eigenvalue weighted by atomic mass is 10.2. The van der Waals surface area contributed by atoms with E-state index in [1.54, 1.807) is 12.4 Å². The summed E-state index contributed by atoms with van der Waals surface area (Å²) < 4.78 is 0. The molecule has 20 heavy (non-hydrogen) atoms. The maximum atomic E-state index is 12.1. The highest BCUT2D eigenvalue weighted by Crippen LogP contribution is 2.05. The number of aromatic nitrogens is 2. The van der Waals surface area contributed by atoms with Crippen molar-refractivity contribution in [2.45, 2.75) is 26.4 Å². The fourth-order valence-corrected chi connectivity index (χ4v) is 2.21. The van der Waals surface area contributed by atoms with Crippen LogP contribution in [0, 0.1) is 6.92 Å². The molecule has 1 aromatic heterocycles. The summed E-state index contributed by atoms with van der Waals surface area (Å²) >= 11 is 0. The molecule has 0 spiro atoms. The number of likely N-dealkylation sites (N-methyl/N-ethyl adjacent to an activating group) is 1. The van der Waals surface area contributed by atoms with E-state index in [1.807, 2.05) is 13.8 Å². The largest absolute Gasteiger partial charge is 0.349 e. The molecule has 1 amide bonds. The van der Waals surface area contributed by atoms with Crippen LogP contribution in [0.5, 0.6) is 0 Å². The Morgan fingerprint density at radius 2 is 2.00 bits per heavy atom. The molecule has 1 N–H and O–H groups in total. The lowest BCUT2D eigenvalue weighted by Crippen LogP contribution is -2.52. The van der Waals surface area contributed by atoms with Gasteiger partial charge in [-0.3, -0.25) is 19.7 Å². The van der Waals surface area contributed by atoms with Crippen LogP contribution in [0.3, 0.4) is 0 Å². The van der Waals surface area contributed by atoms with E-state index in [0.717, 1.165) is 37.6 Å². The van der Waals surface area contributed by atoms with Crippen LogP contribution in [-0.2, 0) is 11.3 Å². The molecular formula is C14H23N5O. The normalized spacial score (nSPS) is 18.8. The van der Waals surface area contributed by atoms with Crippen LogP contribution in [0.4, 0.5) is 0 Å². The number of amides is 1. The van der Waals surface area contributed by atoms with Crippen molar-refractivity contribution >= 4 is 5.91 Å². The Kier molecular flexibility index (Phi) is 5.03. The highest BCUT2D eigenvalue weighted by Gasteiger charge is 2.24. The number of rotatable bonds is 4. The van der Waals surface area contributed by atoms with Gasteiger partial charge < -0.3 is 10.2 Å². The molecule has 110 valence electrons. The molecule has 1 fully saturated rings. The van der Waals surface area contributed by atoms with Crippen LogP contribution >= 0.6 is 0 Å². The monoisotopic (exact) mass is 277 g/mol. The summed E-state index contributed by atoms with van der Waals surface area (Å²) in [6.07, 6.45) is 3.42. The van der Waals surface area contributed by atoms with E-state index in [9.17, 15) is 4.79 Å². The van der Waals surface area contributed by atoms with Crippen LogP contribution in [0.2, 0.25) is 0 Å². The van der Waals surface area contributed by atoms with Crippen molar-refractivity contribution in [3.05, 3.63) is 23.8 Å². The predicted octanol–water partition coefficient (Wildman–Crippen LogP) is 0.0371. The summed E-state index contributed by atoms with van der Waals surface area (Å²) in [7, 11) is 2.11. The van der Waals surface area contributed by atoms with Gasteiger partial charge in [-0.25, -0.2) is 0 Å². The zero-order valence-corrected chi connectivity index (χ0v) is 12.5. The molecule has 6 nitrogen and oxygen atoms in total. The van der Waals surface area contributed by atoms with Crippen molar-refractivity contribution in [3.8, 4) is 0 Å². The van der Waals surface area contributed by atoms with E-state index in [1.165, 1.54) is 0 Å². The second-order valence-corrected chi connectivity index (χ2v) is 5.38. The molecule has 1 saturated heterocycles. The first kappa shape index (κ1) is 14.9. The van der Waals surface area contributed by atoms with E-state index in [-0.39, 0.29) is 11.9 Å². The van der Waals surface area contributed by atoms with Crippen molar-refractivity contribution in [3.63, 3.8) is 0 Å². The topological polar surface area (TPSA) is 61.4 Å². The number of piperazine rings is 1. The first-order valence-electron chi connectivity index (χ1n) is 7.04. The van der Waals surface area contributed by atoms with Crippen LogP contribution in [0.25, 0.3) is 0 Å². The third-order valence-electron chi connectivity index (χ3n) is 3.74. The Balaban J connectivity index is 1.80. The molecule has 2 heterocycles. The molecule has 0 radical (unpaired) electrons. The Hall–Kier alpha value is -1.53. The minimum absolute atomic E-state index is 0.0527. The zero-order chi connectivity index (χ0) is 14.5. The average Bonchev–Trinajstić information content (AvgIpc) is 2.46. The summed E-state index contributed by atoms with van der Waals surface area (Å²) in [6.45, 7) is 8.20. The lowest BCUT2D eigenvalue weighted by molar-refractivity contribution is -0.126. The lowest BCUT2D eigenvalue weighted by Gasteiger charge is -2.35. The molecule has 0 aliphatic carbocycles. The fourth-order valence-electron chi connectivity index (χ4n) is 2.21. The van der Waals surface area contributed by atoms with Crippen molar-refractivity contribution in [2.75, 3.05) is 33.2 Å². The molecule has 2 rings (SSSR count). The average molecular weight is 277 g/mol. The van der Waals surface area contributed by atoms with E-state index in [0.29, 0.717) is 6.54 Å². The van der Waals surface area contributed by atoms with Crippen molar-refractivity contribution in [2.24, 2.45) is 0 Å². The number of carbonyl (C=O) groups excluding carboxylic acids is 1. The van der Waals surface area contributed by atoms with Crippen molar-refractivity contribution in [1.29, 1.82) is 0 Å². The smallest absolute Gasteiger partial charge is 0.237 e. The Morgan fingerprint density at radius 1 is 1.30 bits per heavy atom. The first-order chi connectivity index (χ1) is 9.56. The van der Waals surface area contributed by atoms with Crippen LogP contribution in [0.15, 0.2) is 12.4 Å². The van der Waals surface area contributed by atoms with E-state index in [4.69, 9.17) is 0 Å². The highest BCUT2D eigenvalue weighted by molar-refractivity contribution is 5.81. The van der Waals surface area contributed by atoms with Crippen molar-refractivity contribution < 1.29 is 4.79 Å². The molecule has 6 heteroatoms. The van der Waals surface area contributed by atoms with E-state index < -0.39 is 0 Å². The highest BCUT2D eigenvalue weighted by atomic mass is 16.2. The molecule has 0 bridgehead atoms. The number of aryl methyl sites for hydroxylation is 1. The van der Waals surface area contributed by atoms with Gasteiger partial charge in [0.2, 0.25) is 5.91 Å². The second-order valence-electron chi connectivity index (χ2n) is 5.38. The first-order valence-corrected chi connectivity index (χ1v) is 7.04. The minimum atomic E-state index is -0.0953. The van der Waals surface area contributed by atoms with Crippen LogP contribution in [0.1, 0.15) is 18.3 Å². The Morgan fingerprint density at radius 3 is 2.60 bits per heavy atom. The van der Waals surface area contributed by atoms with Crippen molar-refractivity contribution in [1.82, 2.24) is 25.1 Å². The van der Waals surface area contributed by atoms with Gasteiger partial charge >= 0.3 is 0 Å². The van der Waals surface area contributed by atoms with Gasteiger partial charge in [-0.15, -0.1) is 0 Å². The third-order valence-corrected chi connectivity index (χ3v) is 3.74. The van der Waals surface area contributed by atoms with Gasteiger partial charge in [0.15, 0.2) is 0 Å². The third kappa shape index (κ3) is 3.98. The van der Waals surface area contributed by atoms with Crippen LogP contribution < -0.4 is 5.32 Å². The number of hydrogen-bond donors (Lipinski definition) is 1. The number of hydrogen-bond acceptors (Lipinski definition) is 5. The Bertz CT molecular complexity index is 439. The predicted molar refractivity (Wildman–Crippen MR) is 77.1 cm³/mol. The summed E-state index contributed by atoms with van der Waals surface area (Å²) in [6, 6.07) is -0.0953. The SMILES string of the molecule is Cc1cnc(CNC(=O)C(C)N2CCN(C)CC2)cn1. The number of nitrogens with one attached hydrogen (secondary N) is 1. The van der Waals surface area contributed by atoms with Gasteiger partial charge in [0, 0.05) is 32.4 Å². The van der Waals surface area contributed by atoms with Gasteiger partial charge in [-0.05, 0) is 20.9 Å². The molecule has 1 aliphatic rings. The molecule has 1 aromatic rings.